The number of carboxylic acids is 1. The maximum atomic E-state index is 12.9. The second kappa shape index (κ2) is 10.2. The van der Waals surface area contributed by atoms with Gasteiger partial charge >= 0.3 is 12.1 Å². The Morgan fingerprint density at radius 2 is 1.57 bits per heavy atom. The highest BCUT2D eigenvalue weighted by Crippen LogP contribution is 2.44. The number of benzene rings is 3. The van der Waals surface area contributed by atoms with Crippen LogP contribution in [0.2, 0.25) is 5.02 Å². The van der Waals surface area contributed by atoms with E-state index in [0.717, 1.165) is 22.3 Å². The molecule has 0 spiro atoms. The largest absolute Gasteiger partial charge is 0.478 e. The summed E-state index contributed by atoms with van der Waals surface area (Å²) in [6.07, 6.45) is -0.717. The number of nitrogens with one attached hydrogen (secondary N) is 2. The highest BCUT2D eigenvalue weighted by atomic mass is 35.5. The average Bonchev–Trinajstić information content (AvgIpc) is 3.16. The molecular formula is C27H25ClN2O5. The van der Waals surface area contributed by atoms with Crippen molar-refractivity contribution < 1.29 is 24.2 Å². The van der Waals surface area contributed by atoms with Crippen molar-refractivity contribution in [2.24, 2.45) is 5.92 Å². The Balaban J connectivity index is 1.43. The predicted octanol–water partition coefficient (Wildman–Crippen LogP) is 5.54. The van der Waals surface area contributed by atoms with Gasteiger partial charge in [-0.1, -0.05) is 74.0 Å². The Labute approximate surface area is 208 Å². The second-order valence-electron chi connectivity index (χ2n) is 8.68. The van der Waals surface area contributed by atoms with Crippen LogP contribution in [0.15, 0.2) is 66.7 Å². The molecule has 0 saturated carbocycles. The van der Waals surface area contributed by atoms with Gasteiger partial charge in [-0.25, -0.2) is 9.59 Å². The van der Waals surface area contributed by atoms with Crippen molar-refractivity contribution >= 4 is 35.3 Å². The zero-order valence-electron chi connectivity index (χ0n) is 19.2. The number of ether oxygens (including phenoxy) is 1. The Morgan fingerprint density at radius 3 is 2.14 bits per heavy atom. The first-order chi connectivity index (χ1) is 16.8. The van der Waals surface area contributed by atoms with Gasteiger partial charge in [0.2, 0.25) is 5.91 Å². The summed E-state index contributed by atoms with van der Waals surface area (Å²) >= 11 is 6.12. The molecule has 0 bridgehead atoms. The molecule has 0 heterocycles. The number of carbonyl (C=O) groups is 3. The zero-order chi connectivity index (χ0) is 25.1. The number of hydrogen-bond donors (Lipinski definition) is 3. The Bertz CT molecular complexity index is 1240. The molecule has 0 saturated heterocycles. The van der Waals surface area contributed by atoms with E-state index in [4.69, 9.17) is 16.3 Å². The van der Waals surface area contributed by atoms with Crippen molar-refractivity contribution in [3.63, 3.8) is 0 Å². The third-order valence-electron chi connectivity index (χ3n) is 6.04. The van der Waals surface area contributed by atoms with Crippen LogP contribution in [-0.2, 0) is 9.53 Å². The molecule has 1 aliphatic rings. The molecule has 1 aliphatic carbocycles. The number of amides is 2. The SMILES string of the molecule is CC(C)[C@@H](NC(=O)OCC1c2ccccc2-c2ccccc21)C(=O)Nc1cc(C(=O)O)ccc1Cl. The normalized spacial score (nSPS) is 13.0. The standard InChI is InChI=1S/C27H25ClN2O5/c1-15(2)24(25(31)29-23-13-16(26(32)33)11-12-22(23)28)30-27(34)35-14-21-19-9-5-3-7-17(19)18-8-4-6-10-20(18)21/h3-13,15,21,24H,14H2,1-2H3,(H,29,31)(H,30,34)(H,32,33)/t24-/m1/s1. The molecule has 35 heavy (non-hydrogen) atoms. The van der Waals surface area contributed by atoms with Gasteiger partial charge in [0.15, 0.2) is 0 Å². The molecule has 180 valence electrons. The second-order valence-corrected chi connectivity index (χ2v) is 9.09. The number of alkyl carbamates (subject to hydrolysis) is 1. The Kier molecular flexibility index (Phi) is 7.07. The summed E-state index contributed by atoms with van der Waals surface area (Å²) in [6, 6.07) is 19.1. The summed E-state index contributed by atoms with van der Waals surface area (Å²) < 4.78 is 5.56. The zero-order valence-corrected chi connectivity index (χ0v) is 20.0. The highest BCUT2D eigenvalue weighted by molar-refractivity contribution is 6.34. The average molecular weight is 493 g/mol. The highest BCUT2D eigenvalue weighted by Gasteiger charge is 2.30. The molecule has 1 atom stereocenters. The van der Waals surface area contributed by atoms with Gasteiger partial charge in [-0.05, 0) is 46.4 Å². The van der Waals surface area contributed by atoms with Crippen LogP contribution in [-0.4, -0.2) is 35.7 Å². The minimum absolute atomic E-state index is 0.0182. The summed E-state index contributed by atoms with van der Waals surface area (Å²) in [5.74, 6) is -2.04. The molecule has 4 rings (SSSR count). The Morgan fingerprint density at radius 1 is 0.971 bits per heavy atom. The van der Waals surface area contributed by atoms with Crippen LogP contribution in [0.3, 0.4) is 0 Å². The molecule has 3 aromatic rings. The number of carbonyl (C=O) groups excluding carboxylic acids is 2. The summed E-state index contributed by atoms with van der Waals surface area (Å²) in [5, 5.41) is 14.6. The predicted molar refractivity (Wildman–Crippen MR) is 134 cm³/mol. The van der Waals surface area contributed by atoms with E-state index in [-0.39, 0.29) is 34.7 Å². The first-order valence-electron chi connectivity index (χ1n) is 11.2. The van der Waals surface area contributed by atoms with Crippen molar-refractivity contribution in [1.82, 2.24) is 5.32 Å². The lowest BCUT2D eigenvalue weighted by Gasteiger charge is -2.22. The third kappa shape index (κ3) is 5.15. The van der Waals surface area contributed by atoms with Crippen LogP contribution in [0.1, 0.15) is 41.3 Å². The molecule has 0 aromatic heterocycles. The molecule has 0 fully saturated rings. The fourth-order valence-electron chi connectivity index (χ4n) is 4.27. The van der Waals surface area contributed by atoms with E-state index in [9.17, 15) is 19.5 Å². The Hall–Kier alpha value is -3.84. The van der Waals surface area contributed by atoms with Gasteiger partial charge in [0.05, 0.1) is 16.3 Å². The van der Waals surface area contributed by atoms with Gasteiger partial charge in [-0.2, -0.15) is 0 Å². The summed E-state index contributed by atoms with van der Waals surface area (Å²) in [4.78, 5) is 36.9. The van der Waals surface area contributed by atoms with Gasteiger partial charge in [0.25, 0.3) is 0 Å². The van der Waals surface area contributed by atoms with Gasteiger partial charge in [-0.3, -0.25) is 4.79 Å². The number of anilines is 1. The van der Waals surface area contributed by atoms with Gasteiger partial charge < -0.3 is 20.5 Å². The van der Waals surface area contributed by atoms with Crippen LogP contribution in [0.4, 0.5) is 10.5 Å². The van der Waals surface area contributed by atoms with Crippen molar-refractivity contribution in [2.45, 2.75) is 25.8 Å². The van der Waals surface area contributed by atoms with Gasteiger partial charge in [-0.15, -0.1) is 0 Å². The molecular weight excluding hydrogens is 468 g/mol. The topological polar surface area (TPSA) is 105 Å². The number of fused-ring (bicyclic) bond motifs is 3. The lowest BCUT2D eigenvalue weighted by Crippen LogP contribution is -2.47. The van der Waals surface area contributed by atoms with E-state index >= 15 is 0 Å². The van der Waals surface area contributed by atoms with Crippen LogP contribution < -0.4 is 10.6 Å². The maximum Gasteiger partial charge on any atom is 0.407 e. The van der Waals surface area contributed by atoms with Gasteiger partial charge in [0.1, 0.15) is 12.6 Å². The van der Waals surface area contributed by atoms with E-state index in [1.54, 1.807) is 13.8 Å². The number of carboxylic acid groups (broad SMARTS) is 1. The number of halogens is 1. The molecule has 3 aromatic carbocycles. The van der Waals surface area contributed by atoms with Crippen molar-refractivity contribution in [1.29, 1.82) is 0 Å². The van der Waals surface area contributed by atoms with Crippen LogP contribution in [0, 0.1) is 5.92 Å². The number of rotatable bonds is 7. The summed E-state index contributed by atoms with van der Waals surface area (Å²) in [6.45, 7) is 3.69. The fourth-order valence-corrected chi connectivity index (χ4v) is 4.43. The first kappa shape index (κ1) is 24.3. The lowest BCUT2D eigenvalue weighted by molar-refractivity contribution is -0.119. The molecule has 8 heteroatoms. The molecule has 2 amide bonds. The number of aromatic carboxylic acids is 1. The third-order valence-corrected chi connectivity index (χ3v) is 6.37. The lowest BCUT2D eigenvalue weighted by atomic mass is 9.98. The van der Waals surface area contributed by atoms with E-state index < -0.39 is 24.0 Å². The maximum absolute atomic E-state index is 12.9. The molecule has 3 N–H and O–H groups in total. The van der Waals surface area contributed by atoms with E-state index in [2.05, 4.69) is 22.8 Å². The van der Waals surface area contributed by atoms with E-state index in [0.29, 0.717) is 0 Å². The van der Waals surface area contributed by atoms with Crippen LogP contribution in [0.5, 0.6) is 0 Å². The summed E-state index contributed by atoms with van der Waals surface area (Å²) in [5.41, 5.74) is 4.56. The van der Waals surface area contributed by atoms with Crippen molar-refractivity contribution in [2.75, 3.05) is 11.9 Å². The molecule has 0 aliphatic heterocycles. The number of hydrogen-bond acceptors (Lipinski definition) is 4. The monoisotopic (exact) mass is 492 g/mol. The fraction of sp³-hybridized carbons (Fsp3) is 0.222. The van der Waals surface area contributed by atoms with Crippen molar-refractivity contribution in [3.05, 3.63) is 88.4 Å². The first-order valence-corrected chi connectivity index (χ1v) is 11.6. The molecule has 7 nitrogen and oxygen atoms in total. The smallest absolute Gasteiger partial charge is 0.407 e. The quantitative estimate of drug-likeness (QED) is 0.401. The van der Waals surface area contributed by atoms with Crippen LogP contribution >= 0.6 is 11.6 Å². The minimum atomic E-state index is -1.14. The minimum Gasteiger partial charge on any atom is -0.478 e. The summed E-state index contributed by atoms with van der Waals surface area (Å²) in [7, 11) is 0. The van der Waals surface area contributed by atoms with E-state index in [1.165, 1.54) is 18.2 Å². The van der Waals surface area contributed by atoms with Crippen LogP contribution in [0.25, 0.3) is 11.1 Å². The van der Waals surface area contributed by atoms with Crippen molar-refractivity contribution in [3.8, 4) is 11.1 Å². The molecule has 0 unspecified atom stereocenters. The van der Waals surface area contributed by atoms with Gasteiger partial charge in [0, 0.05) is 5.92 Å². The molecule has 0 radical (unpaired) electrons. The van der Waals surface area contributed by atoms with E-state index in [1.807, 2.05) is 36.4 Å².